The van der Waals surface area contributed by atoms with E-state index in [1.54, 1.807) is 0 Å². The van der Waals surface area contributed by atoms with E-state index in [-0.39, 0.29) is 6.54 Å². The van der Waals surface area contributed by atoms with Gasteiger partial charge in [-0.2, -0.15) is 8.42 Å². The van der Waals surface area contributed by atoms with Crippen LogP contribution in [0.4, 0.5) is 0 Å². The van der Waals surface area contributed by atoms with Crippen LogP contribution >= 0.6 is 0 Å². The Balaban J connectivity index is 2.13. The molecule has 9 heteroatoms. The number of aliphatic hydroxyl groups is 3. The standard InChI is InChI=1S/C9H17NO7S/c1-18(14,15)17-4-2-10-6-8(13)7(12)5(3-11)16-9(4)6/h4-13H,2-3H2,1H3/t4-,5-,6-,7+,8-,9-/m1/s1. The van der Waals surface area contributed by atoms with Gasteiger partial charge in [0.05, 0.1) is 18.9 Å². The van der Waals surface area contributed by atoms with E-state index < -0.39 is 53.3 Å². The van der Waals surface area contributed by atoms with E-state index in [0.717, 1.165) is 6.26 Å². The number of fused-ring (bicyclic) bond motifs is 1. The second-order valence-corrected chi connectivity index (χ2v) is 6.18. The first kappa shape index (κ1) is 14.1. The Kier molecular flexibility index (Phi) is 3.93. The van der Waals surface area contributed by atoms with Crippen LogP contribution in [0, 0.1) is 0 Å². The van der Waals surface area contributed by atoms with Crippen molar-refractivity contribution < 1.29 is 32.7 Å². The molecule has 0 unspecified atom stereocenters. The van der Waals surface area contributed by atoms with Crippen molar-refractivity contribution in [3.05, 3.63) is 0 Å². The zero-order valence-electron chi connectivity index (χ0n) is 9.76. The summed E-state index contributed by atoms with van der Waals surface area (Å²) in [5.41, 5.74) is 0. The van der Waals surface area contributed by atoms with Crippen molar-refractivity contribution in [3.8, 4) is 0 Å². The maximum Gasteiger partial charge on any atom is 0.264 e. The molecule has 0 aromatic rings. The zero-order valence-corrected chi connectivity index (χ0v) is 10.6. The highest BCUT2D eigenvalue weighted by atomic mass is 32.2. The summed E-state index contributed by atoms with van der Waals surface area (Å²) in [7, 11) is -3.64. The normalized spacial score (nSPS) is 44.9. The van der Waals surface area contributed by atoms with Crippen LogP contribution in [-0.2, 0) is 19.0 Å². The first-order chi connectivity index (χ1) is 8.33. The third-order valence-corrected chi connectivity index (χ3v) is 3.78. The van der Waals surface area contributed by atoms with Crippen LogP contribution in [0.15, 0.2) is 0 Å². The Morgan fingerprint density at radius 3 is 2.61 bits per heavy atom. The smallest absolute Gasteiger partial charge is 0.264 e. The molecule has 0 amide bonds. The Morgan fingerprint density at radius 2 is 2.06 bits per heavy atom. The van der Waals surface area contributed by atoms with E-state index in [1.165, 1.54) is 0 Å². The highest BCUT2D eigenvalue weighted by Gasteiger charge is 2.51. The highest BCUT2D eigenvalue weighted by molar-refractivity contribution is 7.86. The predicted octanol–water partition coefficient (Wildman–Crippen LogP) is -3.22. The SMILES string of the molecule is CS(=O)(=O)O[C@@H]1CN[C@@H]2[C@@H](O)[C@@H](O)[C@@H](CO)O[C@@H]21. The largest absolute Gasteiger partial charge is 0.394 e. The first-order valence-corrected chi connectivity index (χ1v) is 7.39. The van der Waals surface area contributed by atoms with Crippen LogP contribution in [0.1, 0.15) is 0 Å². The van der Waals surface area contributed by atoms with Crippen LogP contribution in [0.2, 0.25) is 0 Å². The lowest BCUT2D eigenvalue weighted by molar-refractivity contribution is -0.196. The molecule has 4 N–H and O–H groups in total. The van der Waals surface area contributed by atoms with Gasteiger partial charge in [0, 0.05) is 6.54 Å². The van der Waals surface area contributed by atoms with Crippen LogP contribution in [-0.4, -0.2) is 79.7 Å². The molecule has 2 fully saturated rings. The molecule has 6 atom stereocenters. The monoisotopic (exact) mass is 283 g/mol. The van der Waals surface area contributed by atoms with Gasteiger partial charge >= 0.3 is 0 Å². The number of aliphatic hydroxyl groups excluding tert-OH is 3. The lowest BCUT2D eigenvalue weighted by Crippen LogP contribution is -2.61. The first-order valence-electron chi connectivity index (χ1n) is 5.57. The molecule has 18 heavy (non-hydrogen) atoms. The van der Waals surface area contributed by atoms with Crippen LogP contribution < -0.4 is 5.32 Å². The summed E-state index contributed by atoms with van der Waals surface area (Å²) in [4.78, 5) is 0. The molecule has 0 bridgehead atoms. The number of hydrogen-bond acceptors (Lipinski definition) is 8. The summed E-state index contributed by atoms with van der Waals surface area (Å²) in [6.45, 7) is -0.280. The van der Waals surface area contributed by atoms with Gasteiger partial charge in [0.2, 0.25) is 0 Å². The Morgan fingerprint density at radius 1 is 1.39 bits per heavy atom. The molecule has 2 rings (SSSR count). The van der Waals surface area contributed by atoms with Crippen molar-refractivity contribution in [1.29, 1.82) is 0 Å². The van der Waals surface area contributed by atoms with Gasteiger partial charge in [0.25, 0.3) is 10.1 Å². The Hall–Kier alpha value is -0.290. The van der Waals surface area contributed by atoms with Crippen LogP contribution in [0.5, 0.6) is 0 Å². The summed E-state index contributed by atoms with van der Waals surface area (Å²) in [6.07, 6.45) is -3.89. The van der Waals surface area contributed by atoms with E-state index in [0.29, 0.717) is 0 Å². The van der Waals surface area contributed by atoms with Crippen molar-refractivity contribution in [3.63, 3.8) is 0 Å². The van der Waals surface area contributed by atoms with Crippen LogP contribution in [0.3, 0.4) is 0 Å². The topological polar surface area (TPSA) is 125 Å². The van der Waals surface area contributed by atoms with Gasteiger partial charge in [0.1, 0.15) is 30.5 Å². The fourth-order valence-electron chi connectivity index (χ4n) is 2.38. The summed E-state index contributed by atoms with van der Waals surface area (Å²) in [5.74, 6) is 0. The molecule has 2 saturated heterocycles. The minimum atomic E-state index is -3.64. The molecule has 2 aliphatic heterocycles. The number of hydrogen-bond donors (Lipinski definition) is 4. The highest BCUT2D eigenvalue weighted by Crippen LogP contribution is 2.28. The van der Waals surface area contributed by atoms with Crippen molar-refractivity contribution in [2.75, 3.05) is 19.4 Å². The van der Waals surface area contributed by atoms with Gasteiger partial charge in [-0.25, -0.2) is 0 Å². The molecule has 0 radical (unpaired) electrons. The minimum absolute atomic E-state index is 0.185. The lowest BCUT2D eigenvalue weighted by Gasteiger charge is -2.40. The van der Waals surface area contributed by atoms with E-state index >= 15 is 0 Å². The molecule has 0 spiro atoms. The Bertz CT molecular complexity index is 400. The molecule has 8 nitrogen and oxygen atoms in total. The summed E-state index contributed by atoms with van der Waals surface area (Å²) in [6, 6.07) is -0.616. The fourth-order valence-corrected chi connectivity index (χ4v) is 3.01. The molecule has 0 saturated carbocycles. The average Bonchev–Trinajstić information content (AvgIpc) is 2.64. The number of ether oxygens (including phenoxy) is 1. The molecular weight excluding hydrogens is 266 g/mol. The molecule has 0 aromatic carbocycles. The van der Waals surface area contributed by atoms with Crippen molar-refractivity contribution in [2.24, 2.45) is 0 Å². The van der Waals surface area contributed by atoms with Crippen molar-refractivity contribution in [1.82, 2.24) is 5.32 Å². The van der Waals surface area contributed by atoms with Gasteiger partial charge in [0.15, 0.2) is 0 Å². The van der Waals surface area contributed by atoms with Gasteiger partial charge in [-0.15, -0.1) is 0 Å². The number of rotatable bonds is 3. The molecule has 2 aliphatic rings. The second kappa shape index (κ2) is 5.00. The lowest BCUT2D eigenvalue weighted by atomic mass is 9.93. The summed E-state index contributed by atoms with van der Waals surface area (Å²) < 4.78 is 32.4. The van der Waals surface area contributed by atoms with Gasteiger partial charge < -0.3 is 25.4 Å². The molecule has 0 aliphatic carbocycles. The fraction of sp³-hybridized carbons (Fsp3) is 1.00. The summed E-state index contributed by atoms with van der Waals surface area (Å²) >= 11 is 0. The van der Waals surface area contributed by atoms with Gasteiger partial charge in [-0.3, -0.25) is 4.18 Å². The Labute approximate surface area is 105 Å². The quantitative estimate of drug-likeness (QED) is 0.399. The van der Waals surface area contributed by atoms with Gasteiger partial charge in [-0.05, 0) is 0 Å². The average molecular weight is 283 g/mol. The van der Waals surface area contributed by atoms with Crippen LogP contribution in [0.25, 0.3) is 0 Å². The van der Waals surface area contributed by atoms with E-state index in [1.807, 2.05) is 0 Å². The molecule has 0 aromatic heterocycles. The summed E-state index contributed by atoms with van der Waals surface area (Å²) in [5, 5.41) is 31.4. The third kappa shape index (κ3) is 2.67. The van der Waals surface area contributed by atoms with Gasteiger partial charge in [-0.1, -0.05) is 0 Å². The molecule has 2 heterocycles. The molecule has 106 valence electrons. The maximum atomic E-state index is 11.1. The van der Waals surface area contributed by atoms with E-state index in [9.17, 15) is 18.6 Å². The van der Waals surface area contributed by atoms with E-state index in [2.05, 4.69) is 5.32 Å². The third-order valence-electron chi connectivity index (χ3n) is 3.18. The predicted molar refractivity (Wildman–Crippen MR) is 59.3 cm³/mol. The number of nitrogens with one attached hydrogen (secondary N) is 1. The second-order valence-electron chi connectivity index (χ2n) is 4.58. The van der Waals surface area contributed by atoms with Crippen molar-refractivity contribution >= 4 is 10.1 Å². The van der Waals surface area contributed by atoms with E-state index in [4.69, 9.17) is 14.0 Å². The minimum Gasteiger partial charge on any atom is -0.394 e. The zero-order chi connectivity index (χ0) is 13.5. The van der Waals surface area contributed by atoms with Crippen molar-refractivity contribution in [2.45, 2.75) is 36.6 Å². The molecular formula is C9H17NO7S. The maximum absolute atomic E-state index is 11.1.